The Labute approximate surface area is 108 Å². The summed E-state index contributed by atoms with van der Waals surface area (Å²) in [5.41, 5.74) is -0.293. The number of nitrogens with one attached hydrogen (secondary N) is 1. The molecule has 4 nitrogen and oxygen atoms in total. The van der Waals surface area contributed by atoms with Crippen LogP contribution >= 0.6 is 0 Å². The standard InChI is InChI=1S/C13H19NO3S/c1-13(7-10-18(15,16)11-13)14-8-9-17-12-5-3-2-4-6-12/h2-6,14H,7-11H2,1H3. The molecule has 1 aliphatic rings. The van der Waals surface area contributed by atoms with Crippen LogP contribution in [0.1, 0.15) is 13.3 Å². The van der Waals surface area contributed by atoms with E-state index in [1.807, 2.05) is 37.3 Å². The van der Waals surface area contributed by atoms with E-state index in [0.29, 0.717) is 19.6 Å². The van der Waals surface area contributed by atoms with E-state index in [1.54, 1.807) is 0 Å². The summed E-state index contributed by atoms with van der Waals surface area (Å²) in [7, 11) is -2.85. The monoisotopic (exact) mass is 269 g/mol. The number of ether oxygens (including phenoxy) is 1. The van der Waals surface area contributed by atoms with Crippen molar-refractivity contribution in [3.63, 3.8) is 0 Å². The van der Waals surface area contributed by atoms with Gasteiger partial charge >= 0.3 is 0 Å². The fraction of sp³-hybridized carbons (Fsp3) is 0.538. The van der Waals surface area contributed by atoms with Crippen molar-refractivity contribution in [2.24, 2.45) is 0 Å². The molecule has 1 fully saturated rings. The molecule has 0 amide bonds. The number of sulfone groups is 1. The van der Waals surface area contributed by atoms with E-state index in [-0.39, 0.29) is 17.0 Å². The van der Waals surface area contributed by atoms with Crippen LogP contribution in [0.5, 0.6) is 5.75 Å². The summed E-state index contributed by atoms with van der Waals surface area (Å²) in [4.78, 5) is 0. The number of para-hydroxylation sites is 1. The van der Waals surface area contributed by atoms with E-state index >= 15 is 0 Å². The van der Waals surface area contributed by atoms with Crippen LogP contribution < -0.4 is 10.1 Å². The fourth-order valence-electron chi connectivity index (χ4n) is 2.19. The van der Waals surface area contributed by atoms with Crippen molar-refractivity contribution in [2.45, 2.75) is 18.9 Å². The second kappa shape index (κ2) is 5.28. The molecule has 1 unspecified atom stereocenters. The highest BCUT2D eigenvalue weighted by molar-refractivity contribution is 7.91. The molecule has 1 N–H and O–H groups in total. The van der Waals surface area contributed by atoms with Gasteiger partial charge in [0.1, 0.15) is 12.4 Å². The predicted octanol–water partition coefficient (Wildman–Crippen LogP) is 1.23. The summed E-state index contributed by atoms with van der Waals surface area (Å²) < 4.78 is 28.4. The summed E-state index contributed by atoms with van der Waals surface area (Å²) in [5.74, 6) is 1.35. The number of rotatable bonds is 5. The molecule has 0 saturated carbocycles. The van der Waals surface area contributed by atoms with Crippen LogP contribution in [-0.4, -0.2) is 38.6 Å². The van der Waals surface area contributed by atoms with Crippen LogP contribution in [0.2, 0.25) is 0 Å². The maximum atomic E-state index is 11.4. The minimum absolute atomic E-state index is 0.228. The Balaban J connectivity index is 1.73. The molecule has 1 saturated heterocycles. The van der Waals surface area contributed by atoms with Gasteiger partial charge in [-0.1, -0.05) is 18.2 Å². The summed E-state index contributed by atoms with van der Waals surface area (Å²) in [6, 6.07) is 9.60. The lowest BCUT2D eigenvalue weighted by molar-refractivity contribution is 0.286. The minimum Gasteiger partial charge on any atom is -0.492 e. The van der Waals surface area contributed by atoms with Gasteiger partial charge in [0.2, 0.25) is 0 Å². The average molecular weight is 269 g/mol. The highest BCUT2D eigenvalue weighted by Crippen LogP contribution is 2.22. The molecule has 100 valence electrons. The van der Waals surface area contributed by atoms with Gasteiger partial charge in [-0.15, -0.1) is 0 Å². The zero-order valence-corrected chi connectivity index (χ0v) is 11.4. The van der Waals surface area contributed by atoms with Gasteiger partial charge in [-0.3, -0.25) is 0 Å². The van der Waals surface area contributed by atoms with Gasteiger partial charge in [0.05, 0.1) is 11.5 Å². The molecule has 0 aromatic heterocycles. The Kier molecular flexibility index (Phi) is 3.92. The molecule has 1 atom stereocenters. The maximum Gasteiger partial charge on any atom is 0.152 e. The lowest BCUT2D eigenvalue weighted by Crippen LogP contribution is -2.45. The smallest absolute Gasteiger partial charge is 0.152 e. The van der Waals surface area contributed by atoms with E-state index in [2.05, 4.69) is 5.32 Å². The van der Waals surface area contributed by atoms with E-state index < -0.39 is 9.84 Å². The van der Waals surface area contributed by atoms with Crippen molar-refractivity contribution < 1.29 is 13.2 Å². The molecule has 1 aromatic carbocycles. The van der Waals surface area contributed by atoms with Crippen LogP contribution in [0.4, 0.5) is 0 Å². The van der Waals surface area contributed by atoms with Gasteiger partial charge in [0, 0.05) is 12.1 Å². The Bertz CT molecular complexity index is 486. The molecule has 0 spiro atoms. The third-order valence-electron chi connectivity index (χ3n) is 3.17. The van der Waals surface area contributed by atoms with Crippen molar-refractivity contribution in [2.75, 3.05) is 24.7 Å². The molecule has 1 heterocycles. The first-order valence-corrected chi connectivity index (χ1v) is 7.95. The van der Waals surface area contributed by atoms with Crippen LogP contribution in [-0.2, 0) is 9.84 Å². The topological polar surface area (TPSA) is 55.4 Å². The van der Waals surface area contributed by atoms with E-state index in [9.17, 15) is 8.42 Å². The summed E-state index contributed by atoms with van der Waals surface area (Å²) >= 11 is 0. The summed E-state index contributed by atoms with van der Waals surface area (Å²) in [5, 5.41) is 3.28. The molecule has 5 heteroatoms. The molecule has 1 aromatic rings. The van der Waals surface area contributed by atoms with Gasteiger partial charge in [0.15, 0.2) is 9.84 Å². The largest absolute Gasteiger partial charge is 0.492 e. The van der Waals surface area contributed by atoms with Gasteiger partial charge in [-0.05, 0) is 25.5 Å². The third-order valence-corrected chi connectivity index (χ3v) is 5.07. The number of hydrogen-bond donors (Lipinski definition) is 1. The van der Waals surface area contributed by atoms with Gasteiger partial charge in [0.25, 0.3) is 0 Å². The third kappa shape index (κ3) is 3.71. The van der Waals surface area contributed by atoms with Crippen molar-refractivity contribution >= 4 is 9.84 Å². The van der Waals surface area contributed by atoms with Crippen LogP contribution in [0.25, 0.3) is 0 Å². The lowest BCUT2D eigenvalue weighted by atomic mass is 10.0. The number of hydrogen-bond acceptors (Lipinski definition) is 4. The van der Waals surface area contributed by atoms with Crippen LogP contribution in [0.3, 0.4) is 0 Å². The van der Waals surface area contributed by atoms with Crippen molar-refractivity contribution in [3.05, 3.63) is 30.3 Å². The molecule has 18 heavy (non-hydrogen) atoms. The Morgan fingerprint density at radius 3 is 2.67 bits per heavy atom. The molecule has 0 bridgehead atoms. The summed E-state index contributed by atoms with van der Waals surface area (Å²) in [6.07, 6.45) is 0.681. The Morgan fingerprint density at radius 2 is 2.06 bits per heavy atom. The first-order chi connectivity index (χ1) is 8.49. The van der Waals surface area contributed by atoms with Crippen molar-refractivity contribution in [3.8, 4) is 5.75 Å². The average Bonchev–Trinajstić information content (AvgIpc) is 2.61. The maximum absolute atomic E-state index is 11.4. The first-order valence-electron chi connectivity index (χ1n) is 6.12. The second-order valence-electron chi connectivity index (χ2n) is 4.99. The van der Waals surface area contributed by atoms with Gasteiger partial charge < -0.3 is 10.1 Å². The fourth-order valence-corrected chi connectivity index (χ4v) is 4.31. The zero-order valence-electron chi connectivity index (χ0n) is 10.6. The molecule has 0 aliphatic carbocycles. The summed E-state index contributed by atoms with van der Waals surface area (Å²) in [6.45, 7) is 3.15. The number of benzene rings is 1. The zero-order chi connectivity index (χ0) is 13.1. The van der Waals surface area contributed by atoms with E-state index in [4.69, 9.17) is 4.74 Å². The quantitative estimate of drug-likeness (QED) is 0.817. The SMILES string of the molecule is CC1(NCCOc2ccccc2)CCS(=O)(=O)C1. The van der Waals surface area contributed by atoms with E-state index in [1.165, 1.54) is 0 Å². The molecular weight excluding hydrogens is 250 g/mol. The van der Waals surface area contributed by atoms with Gasteiger partial charge in [-0.2, -0.15) is 0 Å². The van der Waals surface area contributed by atoms with Crippen LogP contribution in [0, 0.1) is 0 Å². The van der Waals surface area contributed by atoms with Crippen molar-refractivity contribution in [1.29, 1.82) is 0 Å². The van der Waals surface area contributed by atoms with Gasteiger partial charge in [-0.25, -0.2) is 8.42 Å². The molecule has 1 aliphatic heterocycles. The predicted molar refractivity (Wildman–Crippen MR) is 71.6 cm³/mol. The Morgan fingerprint density at radius 1 is 1.33 bits per heavy atom. The van der Waals surface area contributed by atoms with Crippen LogP contribution in [0.15, 0.2) is 30.3 Å². The molecule has 2 rings (SSSR count). The highest BCUT2D eigenvalue weighted by atomic mass is 32.2. The molecular formula is C13H19NO3S. The van der Waals surface area contributed by atoms with Crippen molar-refractivity contribution in [1.82, 2.24) is 5.32 Å². The Hall–Kier alpha value is -1.07. The second-order valence-corrected chi connectivity index (χ2v) is 7.18. The highest BCUT2D eigenvalue weighted by Gasteiger charge is 2.37. The molecule has 0 radical (unpaired) electrons. The minimum atomic E-state index is -2.85. The van der Waals surface area contributed by atoms with E-state index in [0.717, 1.165) is 5.75 Å². The lowest BCUT2D eigenvalue weighted by Gasteiger charge is -2.23. The first kappa shape index (κ1) is 13.4. The normalized spacial score (nSPS) is 26.1.